The largest absolute Gasteiger partial charge is 0.462 e. The molecule has 3 unspecified atom stereocenters. The topological polar surface area (TPSA) is 308 Å². The first-order valence-corrected chi connectivity index (χ1v) is 25.2. The molecule has 2 aliphatic rings. The molecule has 2 rings (SSSR count). The fourth-order valence-electron chi connectivity index (χ4n) is 5.79. The van der Waals surface area contributed by atoms with Crippen molar-refractivity contribution in [1.29, 1.82) is 0 Å². The maximum absolute atomic E-state index is 12.3. The Kier molecular flexibility index (Phi) is 32.0. The smallest absolute Gasteiger partial charge is 0.333 e. The van der Waals surface area contributed by atoms with Gasteiger partial charge in [-0.1, -0.05) is 19.7 Å². The second-order valence-corrected chi connectivity index (χ2v) is 23.1. The molecule has 0 aromatic carbocycles. The summed E-state index contributed by atoms with van der Waals surface area (Å²) in [5.74, 6) is -3.89. The van der Waals surface area contributed by atoms with Crippen LogP contribution in [0, 0.1) is 32.5 Å². The highest BCUT2D eigenvalue weighted by atomic mass is 16.6. The highest BCUT2D eigenvalue weighted by molar-refractivity contribution is 5.88. The molecular weight excluding hydrogens is 1010 g/mol. The van der Waals surface area contributed by atoms with E-state index in [0.29, 0.717) is 36.5 Å². The minimum atomic E-state index is -0.963. The number of ether oxygens (including phenoxy) is 11. The summed E-state index contributed by atoms with van der Waals surface area (Å²) >= 11 is 0. The molecule has 77 heavy (non-hydrogen) atoms. The fourth-order valence-corrected chi connectivity index (χ4v) is 5.79. The van der Waals surface area contributed by atoms with Crippen LogP contribution >= 0.6 is 0 Å². The number of hydrogen-bond donors (Lipinski definition) is 2. The third-order valence-electron chi connectivity index (χ3n) is 10.2. The van der Waals surface area contributed by atoms with Crippen molar-refractivity contribution in [3.63, 3.8) is 0 Å². The second-order valence-electron chi connectivity index (χ2n) is 23.1. The predicted molar refractivity (Wildman–Crippen MR) is 281 cm³/mol. The third-order valence-corrected chi connectivity index (χ3v) is 10.2. The summed E-state index contributed by atoms with van der Waals surface area (Å²) in [6.07, 6.45) is -0.325. The molecule has 0 aliphatic carbocycles. The van der Waals surface area contributed by atoms with E-state index >= 15 is 0 Å². The molecule has 22 nitrogen and oxygen atoms in total. The van der Waals surface area contributed by atoms with Crippen molar-refractivity contribution in [3.05, 3.63) is 36.5 Å². The molecule has 2 fully saturated rings. The van der Waals surface area contributed by atoms with Crippen LogP contribution in [0.4, 0.5) is 0 Å². The lowest BCUT2D eigenvalue weighted by Crippen LogP contribution is -2.38. The van der Waals surface area contributed by atoms with Gasteiger partial charge in [0.2, 0.25) is 0 Å². The first-order valence-electron chi connectivity index (χ1n) is 25.2. The first-order chi connectivity index (χ1) is 35.0. The van der Waals surface area contributed by atoms with E-state index in [4.69, 9.17) is 48.4 Å². The van der Waals surface area contributed by atoms with Gasteiger partial charge in [0.25, 0.3) is 0 Å². The van der Waals surface area contributed by atoms with Crippen LogP contribution in [0.25, 0.3) is 0 Å². The van der Waals surface area contributed by atoms with Gasteiger partial charge in [-0.3, -0.25) is 28.8 Å². The van der Waals surface area contributed by atoms with E-state index in [1.807, 2.05) is 0 Å². The van der Waals surface area contributed by atoms with E-state index in [2.05, 4.69) is 29.2 Å². The van der Waals surface area contributed by atoms with Crippen LogP contribution in [0.15, 0.2) is 36.5 Å². The molecule has 3 N–H and O–H groups in total. The van der Waals surface area contributed by atoms with Gasteiger partial charge >= 0.3 is 53.7 Å². The van der Waals surface area contributed by atoms with Crippen LogP contribution in [0.3, 0.4) is 0 Å². The van der Waals surface area contributed by atoms with Gasteiger partial charge in [0.1, 0.15) is 77.8 Å². The van der Waals surface area contributed by atoms with Crippen LogP contribution < -0.4 is 5.73 Å². The summed E-state index contributed by atoms with van der Waals surface area (Å²) in [7, 11) is 0. The summed E-state index contributed by atoms with van der Waals surface area (Å²) in [6, 6.07) is 0. The van der Waals surface area contributed by atoms with Crippen LogP contribution in [-0.2, 0) is 95.3 Å². The zero-order valence-corrected chi connectivity index (χ0v) is 48.9. The van der Waals surface area contributed by atoms with E-state index in [0.717, 1.165) is 0 Å². The van der Waals surface area contributed by atoms with Crippen LogP contribution in [-0.4, -0.2) is 156 Å². The van der Waals surface area contributed by atoms with Crippen molar-refractivity contribution in [2.45, 2.75) is 149 Å². The number of hydrogen-bond acceptors (Lipinski definition) is 22. The third kappa shape index (κ3) is 33.9. The number of carbonyl (C=O) groups excluding carboxylic acids is 9. The summed E-state index contributed by atoms with van der Waals surface area (Å²) in [5, 5.41) is 9.39. The average Bonchev–Trinajstić information content (AvgIpc) is 4.26. The van der Waals surface area contributed by atoms with E-state index in [9.17, 15) is 48.3 Å². The van der Waals surface area contributed by atoms with Gasteiger partial charge in [0, 0.05) is 23.3 Å². The maximum Gasteiger partial charge on any atom is 0.333 e. The van der Waals surface area contributed by atoms with Crippen molar-refractivity contribution in [1.82, 2.24) is 0 Å². The summed E-state index contributed by atoms with van der Waals surface area (Å²) in [4.78, 5) is 105. The molecule has 0 spiro atoms. The average molecular weight is 1100 g/mol. The monoisotopic (exact) mass is 1100 g/mol. The van der Waals surface area contributed by atoms with Crippen LogP contribution in [0.1, 0.15) is 131 Å². The first kappa shape index (κ1) is 73.4. The summed E-state index contributed by atoms with van der Waals surface area (Å²) < 4.78 is 54.8. The number of aliphatic hydroxyl groups is 1. The highest BCUT2D eigenvalue weighted by Gasteiger charge is 2.43. The van der Waals surface area contributed by atoms with Crippen molar-refractivity contribution in [2.24, 2.45) is 38.2 Å². The summed E-state index contributed by atoms with van der Waals surface area (Å²) in [5.41, 5.74) is 1.48. The number of aliphatic hydroxyl groups excluding tert-OH is 1. The Bertz CT molecular complexity index is 1980. The van der Waals surface area contributed by atoms with Crippen molar-refractivity contribution in [2.75, 3.05) is 79.2 Å². The SMILES string of the molecule is C=C(C)C(=O)OCC1CO1.C=C(C)C(=O)OCCOC(=O)C(=C)C.CC(C)(C)C(=O)OCCOC(=O)C(C)(C)CC(C)(C)C(=O)OCC(O)CN.CC(C)(C)C(=O)OCCOC(=O)C(C)(C)CC(C)(C)C(=O)OCC1CO1. The van der Waals surface area contributed by atoms with E-state index in [-0.39, 0.29) is 108 Å². The fraction of sp³-hybridized carbons (Fsp3) is 0.727. The van der Waals surface area contributed by atoms with Crippen molar-refractivity contribution < 1.29 is 100 Å². The zero-order valence-electron chi connectivity index (χ0n) is 48.9. The Balaban J connectivity index is 0. The van der Waals surface area contributed by atoms with Gasteiger partial charge in [-0.25, -0.2) is 14.4 Å². The lowest BCUT2D eigenvalue weighted by atomic mass is 9.75. The molecule has 0 bridgehead atoms. The standard InChI is InChI=1S/C19H35NO7.C19H32O7.C10H14O4.C7H10O3/c1-17(2,3)14(22)25-8-9-26-15(23)18(4,5)12-19(6,7)16(24)27-11-13(21)10-20;1-17(2,3)14(20)23-8-9-24-15(21)18(4,5)12-19(6,7)16(22)26-11-13-10-25-13;1-7(2)9(11)13-5-6-14-10(12)8(3)4;1-5(2)7(8)10-4-6-3-9-6/h13,21H,8-12,20H2,1-7H3;13H,8-12H2,1-7H3;1,3,5-6H2,2,4H3;6H,1,3-4H2,2H3. The minimum absolute atomic E-state index is 0.00327. The van der Waals surface area contributed by atoms with Gasteiger partial charge in [-0.15, -0.1) is 0 Å². The lowest BCUT2D eigenvalue weighted by Gasteiger charge is -2.31. The summed E-state index contributed by atoms with van der Waals surface area (Å²) in [6.45, 7) is 40.7. The number of esters is 9. The Labute approximate surface area is 455 Å². The molecule has 2 aliphatic heterocycles. The number of rotatable bonds is 27. The minimum Gasteiger partial charge on any atom is -0.462 e. The normalized spacial score (nSPS) is 15.2. The second kappa shape index (κ2) is 33.6. The Morgan fingerprint density at radius 3 is 0.961 bits per heavy atom. The van der Waals surface area contributed by atoms with Crippen molar-refractivity contribution in [3.8, 4) is 0 Å². The number of epoxide rings is 2. The van der Waals surface area contributed by atoms with Gasteiger partial charge < -0.3 is 62.9 Å². The predicted octanol–water partition coefficient (Wildman–Crippen LogP) is 5.66. The zero-order chi connectivity index (χ0) is 60.3. The molecule has 2 heterocycles. The lowest BCUT2D eigenvalue weighted by molar-refractivity contribution is -0.167. The molecule has 2 saturated heterocycles. The van der Waals surface area contributed by atoms with Crippen LogP contribution in [0.2, 0.25) is 0 Å². The molecule has 0 radical (unpaired) electrons. The number of carbonyl (C=O) groups is 9. The Morgan fingerprint density at radius 2 is 0.688 bits per heavy atom. The quantitative estimate of drug-likeness (QED) is 0.0330. The highest BCUT2D eigenvalue weighted by Crippen LogP contribution is 2.37. The molecule has 3 atom stereocenters. The van der Waals surface area contributed by atoms with E-state index in [1.54, 1.807) is 118 Å². The van der Waals surface area contributed by atoms with Crippen molar-refractivity contribution >= 4 is 53.7 Å². The Morgan fingerprint density at radius 1 is 0.442 bits per heavy atom. The van der Waals surface area contributed by atoms with Gasteiger partial charge in [0.05, 0.1) is 45.7 Å². The molecule has 442 valence electrons. The Hall–Kier alpha value is -5.71. The van der Waals surface area contributed by atoms with Gasteiger partial charge in [-0.05, 0) is 131 Å². The van der Waals surface area contributed by atoms with E-state index < -0.39 is 68.4 Å². The van der Waals surface area contributed by atoms with Gasteiger partial charge in [-0.2, -0.15) is 0 Å². The number of nitrogens with two attached hydrogens (primary N) is 1. The maximum atomic E-state index is 12.3. The molecular formula is C55H91NO21. The molecule has 0 aromatic rings. The van der Waals surface area contributed by atoms with Crippen LogP contribution in [0.5, 0.6) is 0 Å². The molecule has 0 amide bonds. The molecule has 0 aromatic heterocycles. The van der Waals surface area contributed by atoms with E-state index in [1.165, 1.54) is 0 Å². The van der Waals surface area contributed by atoms with Gasteiger partial charge in [0.15, 0.2) is 0 Å². The molecule has 0 saturated carbocycles. The molecule has 22 heteroatoms.